The SMILES string of the molecule is COC(=O)c1ccc(S(=O)(=O)Nc2ccc(C)c(S(=O)(=O)N3CCOCC3)c2)cc1. The van der Waals surface area contributed by atoms with Crippen molar-refractivity contribution in [2.45, 2.75) is 16.7 Å². The topological polar surface area (TPSA) is 119 Å². The van der Waals surface area contributed by atoms with E-state index in [1.165, 1.54) is 47.8 Å². The van der Waals surface area contributed by atoms with Gasteiger partial charge in [0.2, 0.25) is 10.0 Å². The Balaban J connectivity index is 1.88. The summed E-state index contributed by atoms with van der Waals surface area (Å²) in [5, 5.41) is 0. The first-order chi connectivity index (χ1) is 14.1. The lowest BCUT2D eigenvalue weighted by molar-refractivity contribution is 0.0600. The fraction of sp³-hybridized carbons (Fsp3) is 0.316. The second-order valence-corrected chi connectivity index (χ2v) is 10.2. The third-order valence-electron chi connectivity index (χ3n) is 4.61. The summed E-state index contributed by atoms with van der Waals surface area (Å²) in [4.78, 5) is 11.5. The summed E-state index contributed by atoms with van der Waals surface area (Å²) in [7, 11) is -6.55. The van der Waals surface area contributed by atoms with E-state index in [0.717, 1.165) is 0 Å². The molecule has 162 valence electrons. The molecule has 0 radical (unpaired) electrons. The number of rotatable bonds is 6. The molecule has 0 aromatic heterocycles. The average molecular weight is 455 g/mol. The molecule has 0 aliphatic carbocycles. The first-order valence-electron chi connectivity index (χ1n) is 9.05. The molecule has 1 aliphatic heterocycles. The maximum Gasteiger partial charge on any atom is 0.337 e. The number of benzene rings is 2. The van der Waals surface area contributed by atoms with Crippen LogP contribution in [0.5, 0.6) is 0 Å². The van der Waals surface area contributed by atoms with Crippen molar-refractivity contribution in [2.75, 3.05) is 38.1 Å². The molecule has 30 heavy (non-hydrogen) atoms. The van der Waals surface area contributed by atoms with Crippen molar-refractivity contribution in [3.8, 4) is 0 Å². The highest BCUT2D eigenvalue weighted by Gasteiger charge is 2.28. The summed E-state index contributed by atoms with van der Waals surface area (Å²) in [5.74, 6) is -0.580. The molecule has 9 nitrogen and oxygen atoms in total. The quantitative estimate of drug-likeness (QED) is 0.659. The van der Waals surface area contributed by atoms with Gasteiger partial charge in [-0.15, -0.1) is 0 Å². The van der Waals surface area contributed by atoms with E-state index < -0.39 is 26.0 Å². The normalized spacial score (nSPS) is 15.5. The van der Waals surface area contributed by atoms with E-state index in [0.29, 0.717) is 18.8 Å². The number of sulfonamides is 2. The van der Waals surface area contributed by atoms with E-state index in [4.69, 9.17) is 4.74 Å². The zero-order valence-corrected chi connectivity index (χ0v) is 18.1. The first-order valence-corrected chi connectivity index (χ1v) is 12.0. The fourth-order valence-electron chi connectivity index (χ4n) is 2.97. The Morgan fingerprint density at radius 1 is 1.03 bits per heavy atom. The smallest absolute Gasteiger partial charge is 0.337 e. The van der Waals surface area contributed by atoms with Gasteiger partial charge in [0.1, 0.15) is 0 Å². The predicted octanol–water partition coefficient (Wildman–Crippen LogP) is 1.60. The standard InChI is InChI=1S/C19H22N2O7S2/c1-14-3-6-16(13-18(14)30(25,26)21-9-11-28-12-10-21)20-29(23,24)17-7-4-15(5-8-17)19(22)27-2/h3-8,13,20H,9-12H2,1-2H3. The van der Waals surface area contributed by atoms with Crippen molar-refractivity contribution in [1.82, 2.24) is 4.31 Å². The Morgan fingerprint density at radius 2 is 1.67 bits per heavy atom. The molecule has 2 aromatic rings. The zero-order chi connectivity index (χ0) is 21.9. The Kier molecular flexibility index (Phi) is 6.46. The maximum absolute atomic E-state index is 13.0. The van der Waals surface area contributed by atoms with Crippen LogP contribution in [0, 0.1) is 6.92 Å². The van der Waals surface area contributed by atoms with Crippen LogP contribution in [0.4, 0.5) is 5.69 Å². The third-order valence-corrected chi connectivity index (χ3v) is 8.05. The number of morpholine rings is 1. The number of nitrogens with one attached hydrogen (secondary N) is 1. The van der Waals surface area contributed by atoms with E-state index in [-0.39, 0.29) is 34.1 Å². The predicted molar refractivity (Wildman–Crippen MR) is 109 cm³/mol. The molecule has 0 unspecified atom stereocenters. The van der Waals surface area contributed by atoms with Crippen LogP contribution >= 0.6 is 0 Å². The Morgan fingerprint density at radius 3 is 2.27 bits per heavy atom. The molecule has 2 aromatic carbocycles. The molecule has 1 N–H and O–H groups in total. The van der Waals surface area contributed by atoms with Crippen LogP contribution in [-0.4, -0.2) is 60.5 Å². The van der Waals surface area contributed by atoms with Crippen molar-refractivity contribution < 1.29 is 31.1 Å². The fourth-order valence-corrected chi connectivity index (χ4v) is 5.68. The third kappa shape index (κ3) is 4.64. The molecule has 1 saturated heterocycles. The summed E-state index contributed by atoms with van der Waals surface area (Å²) in [5.41, 5.74) is 0.835. The van der Waals surface area contributed by atoms with Gasteiger partial charge >= 0.3 is 5.97 Å². The minimum Gasteiger partial charge on any atom is -0.465 e. The van der Waals surface area contributed by atoms with Gasteiger partial charge in [0.05, 0.1) is 41.4 Å². The van der Waals surface area contributed by atoms with Crippen LogP contribution in [0.25, 0.3) is 0 Å². The molecule has 0 spiro atoms. The van der Waals surface area contributed by atoms with E-state index in [9.17, 15) is 21.6 Å². The first kappa shape index (κ1) is 22.2. The molecule has 0 amide bonds. The number of methoxy groups -OCH3 is 1. The van der Waals surface area contributed by atoms with Crippen molar-refractivity contribution in [3.05, 3.63) is 53.6 Å². The summed E-state index contributed by atoms with van der Waals surface area (Å²) in [6.45, 7) is 2.75. The summed E-state index contributed by atoms with van der Waals surface area (Å²) in [6, 6.07) is 9.57. The van der Waals surface area contributed by atoms with Gasteiger partial charge in [-0.25, -0.2) is 21.6 Å². The lowest BCUT2D eigenvalue weighted by atomic mass is 10.2. The van der Waals surface area contributed by atoms with Crippen LogP contribution in [0.1, 0.15) is 15.9 Å². The van der Waals surface area contributed by atoms with Crippen LogP contribution < -0.4 is 4.72 Å². The van der Waals surface area contributed by atoms with Crippen molar-refractivity contribution in [1.29, 1.82) is 0 Å². The molecule has 1 heterocycles. The lowest BCUT2D eigenvalue weighted by Gasteiger charge is -2.26. The number of anilines is 1. The monoisotopic (exact) mass is 454 g/mol. The molecular formula is C19H22N2O7S2. The van der Waals surface area contributed by atoms with Gasteiger partial charge in [0.15, 0.2) is 0 Å². The number of nitrogens with zero attached hydrogens (tertiary/aromatic N) is 1. The molecule has 1 aliphatic rings. The van der Waals surface area contributed by atoms with Crippen LogP contribution in [-0.2, 0) is 29.5 Å². The number of esters is 1. The molecular weight excluding hydrogens is 432 g/mol. The number of carbonyl (C=O) groups excluding carboxylic acids is 1. The number of carbonyl (C=O) groups is 1. The van der Waals surface area contributed by atoms with E-state index in [2.05, 4.69) is 9.46 Å². The summed E-state index contributed by atoms with van der Waals surface area (Å²) >= 11 is 0. The largest absolute Gasteiger partial charge is 0.465 e. The van der Waals surface area contributed by atoms with Gasteiger partial charge in [-0.05, 0) is 48.9 Å². The number of ether oxygens (including phenoxy) is 2. The molecule has 0 atom stereocenters. The number of hydrogen-bond acceptors (Lipinski definition) is 7. The highest BCUT2D eigenvalue weighted by molar-refractivity contribution is 7.92. The van der Waals surface area contributed by atoms with Gasteiger partial charge in [-0.2, -0.15) is 4.31 Å². The van der Waals surface area contributed by atoms with E-state index >= 15 is 0 Å². The maximum atomic E-state index is 13.0. The molecule has 0 bridgehead atoms. The van der Waals surface area contributed by atoms with E-state index in [1.807, 2.05) is 0 Å². The minimum atomic E-state index is -3.99. The Bertz CT molecular complexity index is 1140. The molecule has 0 saturated carbocycles. The average Bonchev–Trinajstić information content (AvgIpc) is 2.75. The van der Waals surface area contributed by atoms with Crippen molar-refractivity contribution in [3.63, 3.8) is 0 Å². The summed E-state index contributed by atoms with van der Waals surface area (Å²) in [6.07, 6.45) is 0. The van der Waals surface area contributed by atoms with Gasteiger partial charge in [0.25, 0.3) is 10.0 Å². The van der Waals surface area contributed by atoms with Crippen LogP contribution in [0.15, 0.2) is 52.3 Å². The highest BCUT2D eigenvalue weighted by atomic mass is 32.2. The molecule has 11 heteroatoms. The van der Waals surface area contributed by atoms with Crippen molar-refractivity contribution in [2.24, 2.45) is 0 Å². The minimum absolute atomic E-state index is 0.0330. The second kappa shape index (κ2) is 8.72. The summed E-state index contributed by atoms with van der Waals surface area (Å²) < 4.78 is 64.8. The van der Waals surface area contributed by atoms with Crippen LogP contribution in [0.2, 0.25) is 0 Å². The highest BCUT2D eigenvalue weighted by Crippen LogP contribution is 2.26. The number of hydrogen-bond donors (Lipinski definition) is 1. The zero-order valence-electron chi connectivity index (χ0n) is 16.5. The van der Waals surface area contributed by atoms with Gasteiger partial charge in [0, 0.05) is 13.1 Å². The Labute approximate surface area is 175 Å². The van der Waals surface area contributed by atoms with Gasteiger partial charge < -0.3 is 9.47 Å². The number of aryl methyl sites for hydroxylation is 1. The van der Waals surface area contributed by atoms with Gasteiger partial charge in [-0.3, -0.25) is 4.72 Å². The van der Waals surface area contributed by atoms with Crippen molar-refractivity contribution >= 4 is 31.7 Å². The van der Waals surface area contributed by atoms with E-state index in [1.54, 1.807) is 13.0 Å². The molecule has 3 rings (SSSR count). The Hall–Kier alpha value is -2.47. The lowest BCUT2D eigenvalue weighted by Crippen LogP contribution is -2.40. The molecule has 1 fully saturated rings. The second-order valence-electron chi connectivity index (χ2n) is 6.62. The van der Waals surface area contributed by atoms with Gasteiger partial charge in [-0.1, -0.05) is 6.07 Å². The van der Waals surface area contributed by atoms with Crippen LogP contribution in [0.3, 0.4) is 0 Å².